The van der Waals surface area contributed by atoms with E-state index in [9.17, 15) is 5.11 Å². The van der Waals surface area contributed by atoms with E-state index in [1.165, 1.54) is 0 Å². The smallest absolute Gasteiger partial charge is 0.0912 e. The van der Waals surface area contributed by atoms with Crippen LogP contribution < -0.4 is 5.32 Å². The highest BCUT2D eigenvalue weighted by atomic mass is 35.5. The summed E-state index contributed by atoms with van der Waals surface area (Å²) in [6.07, 6.45) is 1.45. The third-order valence-corrected chi connectivity index (χ3v) is 4.26. The van der Waals surface area contributed by atoms with E-state index in [-0.39, 0.29) is 6.04 Å². The number of aliphatic hydroxyl groups is 1. The van der Waals surface area contributed by atoms with Crippen molar-refractivity contribution < 1.29 is 5.11 Å². The molecular weight excluding hydrogens is 296 g/mol. The number of rotatable bonds is 5. The van der Waals surface area contributed by atoms with Crippen molar-refractivity contribution in [1.29, 1.82) is 0 Å². The van der Waals surface area contributed by atoms with Gasteiger partial charge in [-0.2, -0.15) is 0 Å². The fraction of sp³-hybridized carbons (Fsp3) is 0.222. The number of halogens is 1. The van der Waals surface area contributed by atoms with Crippen LogP contribution in [0.2, 0.25) is 5.02 Å². The van der Waals surface area contributed by atoms with Gasteiger partial charge >= 0.3 is 0 Å². The van der Waals surface area contributed by atoms with E-state index in [0.717, 1.165) is 21.5 Å². The lowest BCUT2D eigenvalue weighted by atomic mass is 10.0. The second-order valence-electron chi connectivity index (χ2n) is 5.38. The summed E-state index contributed by atoms with van der Waals surface area (Å²) in [5.74, 6) is 0. The van der Waals surface area contributed by atoms with Crippen LogP contribution in [0.3, 0.4) is 0 Å². The molecule has 2 atom stereocenters. The maximum absolute atomic E-state index is 10.6. The number of hydrogen-bond acceptors (Lipinski definition) is 2. The molecule has 3 aromatic rings. The van der Waals surface area contributed by atoms with Gasteiger partial charge in [-0.1, -0.05) is 48.0 Å². The predicted molar refractivity (Wildman–Crippen MR) is 91.5 cm³/mol. The number of hydrogen-bond donors (Lipinski definition) is 2. The molecule has 0 bridgehead atoms. The molecular formula is C18H19ClN2O. The first-order valence-electron chi connectivity index (χ1n) is 7.35. The van der Waals surface area contributed by atoms with Crippen molar-refractivity contribution in [2.24, 2.45) is 0 Å². The second kappa shape index (κ2) is 6.53. The molecule has 3 nitrogen and oxygen atoms in total. The number of nitrogens with zero attached hydrogens (tertiary/aromatic N) is 1. The number of fused-ring (bicyclic) bond motifs is 1. The Balaban J connectivity index is 2.14. The second-order valence-corrected chi connectivity index (χ2v) is 5.78. The molecule has 22 heavy (non-hydrogen) atoms. The normalized spacial score (nSPS) is 14.1. The quantitative estimate of drug-likeness (QED) is 0.756. The van der Waals surface area contributed by atoms with Crippen LogP contribution in [0.15, 0.2) is 60.8 Å². The van der Waals surface area contributed by atoms with Crippen molar-refractivity contribution in [3.63, 3.8) is 0 Å². The maximum atomic E-state index is 10.6. The molecule has 2 unspecified atom stereocenters. The number of aromatic nitrogens is 1. The van der Waals surface area contributed by atoms with Gasteiger partial charge in [0.2, 0.25) is 0 Å². The van der Waals surface area contributed by atoms with Crippen molar-refractivity contribution >= 4 is 22.5 Å². The predicted octanol–water partition coefficient (Wildman–Crippen LogP) is 3.46. The Kier molecular flexibility index (Phi) is 4.48. The number of likely N-dealkylation sites (N-methyl/N-ethyl adjacent to an activating group) is 1. The van der Waals surface area contributed by atoms with Gasteiger partial charge in [-0.25, -0.2) is 0 Å². The molecule has 0 aliphatic carbocycles. The van der Waals surface area contributed by atoms with Crippen LogP contribution in [0.25, 0.3) is 10.9 Å². The fourth-order valence-electron chi connectivity index (χ4n) is 2.93. The summed E-state index contributed by atoms with van der Waals surface area (Å²) < 4.78 is 2.10. The lowest BCUT2D eigenvalue weighted by Gasteiger charge is -2.26. The van der Waals surface area contributed by atoms with Crippen molar-refractivity contribution in [3.8, 4) is 0 Å². The first-order chi connectivity index (χ1) is 10.7. The zero-order valence-corrected chi connectivity index (χ0v) is 13.2. The molecule has 2 N–H and O–H groups in total. The molecule has 2 aromatic carbocycles. The average Bonchev–Trinajstić information content (AvgIpc) is 2.94. The van der Waals surface area contributed by atoms with Crippen molar-refractivity contribution in [2.45, 2.75) is 12.1 Å². The Morgan fingerprint density at radius 2 is 1.86 bits per heavy atom. The SMILES string of the molecule is CNCC(O)C(c1ccccc1)n1ccc2c(Cl)cccc21. The molecule has 114 valence electrons. The molecule has 0 spiro atoms. The molecule has 0 fully saturated rings. The van der Waals surface area contributed by atoms with E-state index >= 15 is 0 Å². The largest absolute Gasteiger partial charge is 0.389 e. The molecule has 0 aliphatic rings. The fourth-order valence-corrected chi connectivity index (χ4v) is 3.17. The first kappa shape index (κ1) is 15.1. The lowest BCUT2D eigenvalue weighted by Crippen LogP contribution is -2.33. The Morgan fingerprint density at radius 3 is 2.59 bits per heavy atom. The van der Waals surface area contributed by atoms with E-state index in [1.54, 1.807) is 0 Å². The van der Waals surface area contributed by atoms with Gasteiger partial charge in [-0.15, -0.1) is 0 Å². The maximum Gasteiger partial charge on any atom is 0.0912 e. The van der Waals surface area contributed by atoms with Gasteiger partial charge in [0.1, 0.15) is 0 Å². The van der Waals surface area contributed by atoms with Crippen LogP contribution in [0.4, 0.5) is 0 Å². The van der Waals surface area contributed by atoms with E-state index in [2.05, 4.69) is 9.88 Å². The van der Waals surface area contributed by atoms with Crippen LogP contribution in [-0.4, -0.2) is 29.4 Å². The molecule has 0 radical (unpaired) electrons. The summed E-state index contributed by atoms with van der Waals surface area (Å²) in [4.78, 5) is 0. The van der Waals surface area contributed by atoms with Gasteiger partial charge in [0.15, 0.2) is 0 Å². The number of benzene rings is 2. The van der Waals surface area contributed by atoms with Crippen LogP contribution in [0.1, 0.15) is 11.6 Å². The third-order valence-electron chi connectivity index (χ3n) is 3.93. The highest BCUT2D eigenvalue weighted by molar-refractivity contribution is 6.35. The van der Waals surface area contributed by atoms with Gasteiger partial charge in [0, 0.05) is 23.2 Å². The summed E-state index contributed by atoms with van der Waals surface area (Å²) in [5.41, 5.74) is 2.10. The van der Waals surface area contributed by atoms with Gasteiger partial charge in [-0.05, 0) is 30.8 Å². The Hall–Kier alpha value is -1.81. The zero-order valence-electron chi connectivity index (χ0n) is 12.4. The minimum atomic E-state index is -0.540. The average molecular weight is 315 g/mol. The Morgan fingerprint density at radius 1 is 1.09 bits per heavy atom. The first-order valence-corrected chi connectivity index (χ1v) is 7.73. The summed E-state index contributed by atoms with van der Waals surface area (Å²) in [7, 11) is 1.84. The molecule has 0 amide bonds. The minimum Gasteiger partial charge on any atom is -0.389 e. The monoisotopic (exact) mass is 314 g/mol. The van der Waals surface area contributed by atoms with Crippen LogP contribution in [0.5, 0.6) is 0 Å². The topological polar surface area (TPSA) is 37.2 Å². The zero-order chi connectivity index (χ0) is 15.5. The molecule has 0 aliphatic heterocycles. The van der Waals surface area contributed by atoms with Crippen molar-refractivity contribution in [3.05, 3.63) is 71.4 Å². The van der Waals surface area contributed by atoms with Crippen LogP contribution in [-0.2, 0) is 0 Å². The standard InChI is InChI=1S/C18H19ClN2O/c1-20-12-17(22)18(13-6-3-2-4-7-13)21-11-10-14-15(19)8-5-9-16(14)21/h2-11,17-18,20,22H,12H2,1H3. The van der Waals surface area contributed by atoms with Gasteiger partial charge in [0.05, 0.1) is 17.7 Å². The van der Waals surface area contributed by atoms with Gasteiger partial charge in [0.25, 0.3) is 0 Å². The summed E-state index contributed by atoms with van der Waals surface area (Å²) in [5, 5.41) is 15.4. The highest BCUT2D eigenvalue weighted by Gasteiger charge is 2.23. The lowest BCUT2D eigenvalue weighted by molar-refractivity contribution is 0.132. The van der Waals surface area contributed by atoms with E-state index in [0.29, 0.717) is 6.54 Å². The van der Waals surface area contributed by atoms with E-state index in [4.69, 9.17) is 11.6 Å². The summed E-state index contributed by atoms with van der Waals surface area (Å²) in [6, 6.07) is 17.7. The summed E-state index contributed by atoms with van der Waals surface area (Å²) >= 11 is 6.27. The molecule has 4 heteroatoms. The third kappa shape index (κ3) is 2.75. The molecule has 3 rings (SSSR count). The van der Waals surface area contributed by atoms with Crippen molar-refractivity contribution in [1.82, 2.24) is 9.88 Å². The van der Waals surface area contributed by atoms with Gasteiger partial charge < -0.3 is 15.0 Å². The summed E-state index contributed by atoms with van der Waals surface area (Å²) in [6.45, 7) is 0.514. The number of aliphatic hydroxyl groups excluding tert-OH is 1. The Bertz CT molecular complexity index is 754. The van der Waals surface area contributed by atoms with Crippen LogP contribution >= 0.6 is 11.6 Å². The highest BCUT2D eigenvalue weighted by Crippen LogP contribution is 2.31. The molecule has 0 saturated carbocycles. The van der Waals surface area contributed by atoms with Crippen LogP contribution in [0, 0.1) is 0 Å². The molecule has 1 aromatic heterocycles. The van der Waals surface area contributed by atoms with E-state index in [1.807, 2.05) is 67.8 Å². The minimum absolute atomic E-state index is 0.162. The number of nitrogens with one attached hydrogen (secondary N) is 1. The molecule has 0 saturated heterocycles. The molecule has 1 heterocycles. The van der Waals surface area contributed by atoms with E-state index < -0.39 is 6.10 Å². The Labute approximate surface area is 135 Å². The van der Waals surface area contributed by atoms with Crippen molar-refractivity contribution in [2.75, 3.05) is 13.6 Å². The van der Waals surface area contributed by atoms with Gasteiger partial charge in [-0.3, -0.25) is 0 Å².